The second kappa shape index (κ2) is 9.53. The molecule has 1 aliphatic heterocycles. The Balaban J connectivity index is 1.75. The van der Waals surface area contributed by atoms with Gasteiger partial charge < -0.3 is 39.9 Å². The standard InChI is InChI=1S/C16H23ClN5O9P/c1-6(2)3-29-14(25)15(32(26,27)28)30-4-7-9(23)10(24)13(31-7)22-5-19-8-11(18)20-16(17)21-12(8)22/h5-7,9-10,13,15,23-24H,3-4H2,1-2H3,(H2,18,20,21)(H2,26,27,28)/t7-,9-,10-,13-,15+/m1/s1. The molecule has 16 heteroatoms. The highest BCUT2D eigenvalue weighted by atomic mass is 35.5. The van der Waals surface area contributed by atoms with Gasteiger partial charge in [0.15, 0.2) is 17.7 Å². The van der Waals surface area contributed by atoms with E-state index in [-0.39, 0.29) is 34.8 Å². The topological polar surface area (TPSA) is 212 Å². The Bertz CT molecular complexity index is 1030. The lowest BCUT2D eigenvalue weighted by molar-refractivity contribution is -0.156. The number of rotatable bonds is 8. The number of ether oxygens (including phenoxy) is 3. The maximum absolute atomic E-state index is 12.1. The van der Waals surface area contributed by atoms with Gasteiger partial charge in [-0.3, -0.25) is 9.13 Å². The van der Waals surface area contributed by atoms with Crippen molar-refractivity contribution in [1.29, 1.82) is 0 Å². The number of hydrogen-bond donors (Lipinski definition) is 5. The lowest BCUT2D eigenvalue weighted by Crippen LogP contribution is -2.36. The molecule has 5 atom stereocenters. The van der Waals surface area contributed by atoms with Crippen LogP contribution in [0.15, 0.2) is 6.33 Å². The summed E-state index contributed by atoms with van der Waals surface area (Å²) in [5.41, 5.74) is 6.07. The normalized spacial score (nSPS) is 24.9. The molecule has 2 aromatic rings. The highest BCUT2D eigenvalue weighted by Gasteiger charge is 2.46. The first kappa shape index (κ1) is 24.7. The van der Waals surface area contributed by atoms with Gasteiger partial charge >= 0.3 is 13.6 Å². The minimum Gasteiger partial charge on any atom is -0.463 e. The van der Waals surface area contributed by atoms with Crippen LogP contribution < -0.4 is 5.73 Å². The second-order valence-corrected chi connectivity index (χ2v) is 9.53. The van der Waals surface area contributed by atoms with Gasteiger partial charge in [0.1, 0.15) is 23.8 Å². The van der Waals surface area contributed by atoms with E-state index in [4.69, 9.17) is 31.5 Å². The number of nitrogens with zero attached hydrogens (tertiary/aromatic N) is 4. The van der Waals surface area contributed by atoms with Crippen molar-refractivity contribution in [1.82, 2.24) is 19.5 Å². The number of nitrogens with two attached hydrogens (primary N) is 1. The number of halogens is 1. The predicted octanol–water partition coefficient (Wildman–Crippen LogP) is -0.599. The zero-order valence-electron chi connectivity index (χ0n) is 17.0. The maximum atomic E-state index is 12.1. The van der Waals surface area contributed by atoms with Gasteiger partial charge in [-0.2, -0.15) is 9.97 Å². The third kappa shape index (κ3) is 5.18. The molecule has 32 heavy (non-hydrogen) atoms. The third-order valence-corrected chi connectivity index (χ3v) is 5.66. The molecule has 0 bridgehead atoms. The molecule has 0 aromatic carbocycles. The van der Waals surface area contributed by atoms with Gasteiger partial charge in [0.05, 0.1) is 19.5 Å². The number of aromatic nitrogens is 4. The van der Waals surface area contributed by atoms with Gasteiger partial charge in [0.25, 0.3) is 5.85 Å². The zero-order chi connectivity index (χ0) is 23.8. The molecule has 0 saturated carbocycles. The van der Waals surface area contributed by atoms with Gasteiger partial charge in [-0.15, -0.1) is 0 Å². The van der Waals surface area contributed by atoms with Crippen molar-refractivity contribution in [3.8, 4) is 0 Å². The van der Waals surface area contributed by atoms with Crippen LogP contribution in [0.2, 0.25) is 5.28 Å². The molecule has 3 heterocycles. The largest absolute Gasteiger partial charge is 0.463 e. The van der Waals surface area contributed by atoms with Crippen molar-refractivity contribution in [3.63, 3.8) is 0 Å². The average molecular weight is 496 g/mol. The Hall–Kier alpha value is -1.90. The van der Waals surface area contributed by atoms with E-state index in [9.17, 15) is 29.4 Å². The summed E-state index contributed by atoms with van der Waals surface area (Å²) in [5.74, 6) is -3.53. The molecule has 1 aliphatic rings. The summed E-state index contributed by atoms with van der Waals surface area (Å²) >= 11 is 5.82. The fourth-order valence-corrected chi connectivity index (χ4v) is 3.80. The van der Waals surface area contributed by atoms with Crippen molar-refractivity contribution < 1.29 is 43.6 Å². The minimum absolute atomic E-state index is 0.00364. The average Bonchev–Trinajstić information content (AvgIpc) is 3.21. The van der Waals surface area contributed by atoms with Crippen LogP contribution in [0.5, 0.6) is 0 Å². The molecule has 2 aromatic heterocycles. The SMILES string of the molecule is CC(C)COC(=O)[C@@H](OC[C@H]1O[C@@H](n2cnc3c(N)nc(Cl)nc32)[C@H](O)[C@@H]1O)P(=O)(O)O. The van der Waals surface area contributed by atoms with Crippen LogP contribution in [0.4, 0.5) is 5.82 Å². The van der Waals surface area contributed by atoms with Gasteiger partial charge in [0, 0.05) is 0 Å². The fraction of sp³-hybridized carbons (Fsp3) is 0.625. The molecular weight excluding hydrogens is 473 g/mol. The predicted molar refractivity (Wildman–Crippen MR) is 108 cm³/mol. The molecule has 3 rings (SSSR count). The number of anilines is 1. The first-order valence-electron chi connectivity index (χ1n) is 9.40. The molecule has 178 valence electrons. The highest BCUT2D eigenvalue weighted by molar-refractivity contribution is 7.53. The Morgan fingerprint density at radius 2 is 2.03 bits per heavy atom. The summed E-state index contributed by atoms with van der Waals surface area (Å²) in [5, 5.41) is 20.6. The monoisotopic (exact) mass is 495 g/mol. The molecule has 0 unspecified atom stereocenters. The summed E-state index contributed by atoms with van der Waals surface area (Å²) in [6.45, 7) is 2.79. The van der Waals surface area contributed by atoms with Gasteiger partial charge in [-0.1, -0.05) is 13.8 Å². The molecular formula is C16H23ClN5O9P. The zero-order valence-corrected chi connectivity index (χ0v) is 18.6. The van der Waals surface area contributed by atoms with Crippen LogP contribution in [-0.2, 0) is 23.6 Å². The van der Waals surface area contributed by atoms with Gasteiger partial charge in [0.2, 0.25) is 5.28 Å². The van der Waals surface area contributed by atoms with Crippen LogP contribution in [0.25, 0.3) is 11.2 Å². The van der Waals surface area contributed by atoms with Gasteiger partial charge in [-0.05, 0) is 17.5 Å². The number of imidazole rings is 1. The Morgan fingerprint density at radius 1 is 1.34 bits per heavy atom. The number of carbonyl (C=O) groups is 1. The molecule has 0 amide bonds. The molecule has 6 N–H and O–H groups in total. The Labute approximate surface area is 186 Å². The Morgan fingerprint density at radius 3 is 2.66 bits per heavy atom. The van der Waals surface area contributed by atoms with E-state index < -0.39 is 50.6 Å². The van der Waals surface area contributed by atoms with E-state index in [1.54, 1.807) is 13.8 Å². The van der Waals surface area contributed by atoms with E-state index in [1.807, 2.05) is 0 Å². The molecule has 0 radical (unpaired) electrons. The van der Waals surface area contributed by atoms with Crippen LogP contribution >= 0.6 is 19.2 Å². The quantitative estimate of drug-likeness (QED) is 0.176. The number of fused-ring (bicyclic) bond motifs is 1. The van der Waals surface area contributed by atoms with Crippen molar-refractivity contribution in [3.05, 3.63) is 11.6 Å². The minimum atomic E-state index is -5.05. The van der Waals surface area contributed by atoms with E-state index in [2.05, 4.69) is 15.0 Å². The van der Waals surface area contributed by atoms with E-state index in [0.29, 0.717) is 0 Å². The Kier molecular flexibility index (Phi) is 7.37. The lowest BCUT2D eigenvalue weighted by atomic mass is 10.1. The maximum Gasteiger partial charge on any atom is 0.365 e. The van der Waals surface area contributed by atoms with Crippen LogP contribution in [0.1, 0.15) is 20.1 Å². The summed E-state index contributed by atoms with van der Waals surface area (Å²) in [6, 6.07) is 0. The summed E-state index contributed by atoms with van der Waals surface area (Å²) in [6.07, 6.45) is -4.25. The van der Waals surface area contributed by atoms with E-state index >= 15 is 0 Å². The van der Waals surface area contributed by atoms with E-state index in [0.717, 1.165) is 0 Å². The van der Waals surface area contributed by atoms with E-state index in [1.165, 1.54) is 10.9 Å². The van der Waals surface area contributed by atoms with Crippen LogP contribution in [0, 0.1) is 5.92 Å². The van der Waals surface area contributed by atoms with Crippen molar-refractivity contribution in [2.75, 3.05) is 18.9 Å². The van der Waals surface area contributed by atoms with Crippen molar-refractivity contribution in [2.24, 2.45) is 5.92 Å². The highest BCUT2D eigenvalue weighted by Crippen LogP contribution is 2.43. The first-order valence-corrected chi connectivity index (χ1v) is 11.5. The van der Waals surface area contributed by atoms with Crippen LogP contribution in [0.3, 0.4) is 0 Å². The number of hydrogen-bond acceptors (Lipinski definition) is 11. The van der Waals surface area contributed by atoms with Gasteiger partial charge in [-0.25, -0.2) is 9.78 Å². The summed E-state index contributed by atoms with van der Waals surface area (Å²) in [7, 11) is -5.05. The molecule has 1 fully saturated rings. The lowest BCUT2D eigenvalue weighted by Gasteiger charge is -2.21. The summed E-state index contributed by atoms with van der Waals surface area (Å²) in [4.78, 5) is 42.8. The van der Waals surface area contributed by atoms with Crippen LogP contribution in [-0.4, -0.2) is 82.9 Å². The fourth-order valence-electron chi connectivity index (χ4n) is 3.00. The smallest absolute Gasteiger partial charge is 0.365 e. The molecule has 1 saturated heterocycles. The number of nitrogen functional groups attached to an aromatic ring is 1. The van der Waals surface area contributed by atoms with Crippen molar-refractivity contribution in [2.45, 2.75) is 44.2 Å². The third-order valence-electron chi connectivity index (χ3n) is 4.52. The summed E-state index contributed by atoms with van der Waals surface area (Å²) < 4.78 is 28.5. The first-order chi connectivity index (χ1) is 14.9. The molecule has 0 spiro atoms. The second-order valence-electron chi connectivity index (χ2n) is 7.55. The van der Waals surface area contributed by atoms with Crippen molar-refractivity contribution >= 4 is 42.1 Å². The number of aliphatic hydroxyl groups excluding tert-OH is 2. The molecule has 14 nitrogen and oxygen atoms in total. The molecule has 0 aliphatic carbocycles. The number of aliphatic hydroxyl groups is 2. The number of esters is 1. The number of carbonyl (C=O) groups excluding carboxylic acids is 1.